The maximum atomic E-state index is 9.36. The van der Waals surface area contributed by atoms with Gasteiger partial charge in [-0.15, -0.1) is 0 Å². The van der Waals surface area contributed by atoms with E-state index in [2.05, 4.69) is 31.8 Å². The molecule has 0 aromatic heterocycles. The second-order valence-corrected chi connectivity index (χ2v) is 6.20. The zero-order chi connectivity index (χ0) is 13.5. The molecule has 98 valence electrons. The van der Waals surface area contributed by atoms with Crippen LogP contribution < -0.4 is 0 Å². The van der Waals surface area contributed by atoms with Crippen LogP contribution in [0.1, 0.15) is 34.1 Å². The summed E-state index contributed by atoms with van der Waals surface area (Å²) in [5.41, 5.74) is 3.98. The molecule has 1 aliphatic carbocycles. The number of hydrogen-bond donors (Lipinski definition) is 2. The van der Waals surface area contributed by atoms with Gasteiger partial charge in [0, 0.05) is 6.21 Å². The Morgan fingerprint density at radius 2 is 2.00 bits per heavy atom. The van der Waals surface area contributed by atoms with Crippen LogP contribution in [0.5, 0.6) is 0 Å². The normalized spacial score (nSPS) is 23.9. The third-order valence-electron chi connectivity index (χ3n) is 3.79. The van der Waals surface area contributed by atoms with Crippen molar-refractivity contribution >= 4 is 6.21 Å². The van der Waals surface area contributed by atoms with Crippen molar-refractivity contribution < 1.29 is 10.2 Å². The summed E-state index contributed by atoms with van der Waals surface area (Å²) in [7, 11) is 0. The van der Waals surface area contributed by atoms with Gasteiger partial charge in [0.15, 0.2) is 0 Å². The highest BCUT2D eigenvalue weighted by molar-refractivity contribution is 5.86. The highest BCUT2D eigenvalue weighted by Crippen LogP contribution is 2.41. The Morgan fingerprint density at radius 1 is 1.33 bits per heavy atom. The number of nitrogens with zero attached hydrogens (tertiary/aromatic N) is 1. The van der Waals surface area contributed by atoms with Crippen molar-refractivity contribution in [1.82, 2.24) is 0 Å². The summed E-state index contributed by atoms with van der Waals surface area (Å²) in [5.74, 6) is -0.135. The average molecular weight is 247 g/mol. The molecule has 0 saturated heterocycles. The van der Waals surface area contributed by atoms with Gasteiger partial charge in [0.1, 0.15) is 0 Å². The number of aliphatic hydroxyl groups excluding tert-OH is 1. The monoisotopic (exact) mass is 247 g/mol. The second kappa shape index (κ2) is 4.30. The summed E-state index contributed by atoms with van der Waals surface area (Å²) >= 11 is 0. The first-order valence-electron chi connectivity index (χ1n) is 6.34. The summed E-state index contributed by atoms with van der Waals surface area (Å²) in [6, 6.07) is 0. The van der Waals surface area contributed by atoms with Crippen molar-refractivity contribution in [3.63, 3.8) is 0 Å². The molecule has 0 spiro atoms. The van der Waals surface area contributed by atoms with Crippen molar-refractivity contribution in [2.75, 3.05) is 6.54 Å². The van der Waals surface area contributed by atoms with Gasteiger partial charge in [-0.2, -0.15) is 0 Å². The molecule has 0 aromatic carbocycles. The van der Waals surface area contributed by atoms with Crippen LogP contribution in [0, 0.1) is 11.3 Å². The van der Waals surface area contributed by atoms with Crippen LogP contribution in [0.25, 0.3) is 0 Å². The van der Waals surface area contributed by atoms with E-state index in [0.29, 0.717) is 18.0 Å². The lowest BCUT2D eigenvalue weighted by Gasteiger charge is -2.34. The van der Waals surface area contributed by atoms with Crippen molar-refractivity contribution in [2.24, 2.45) is 16.3 Å². The van der Waals surface area contributed by atoms with Gasteiger partial charge in [-0.3, -0.25) is 4.99 Å². The van der Waals surface area contributed by atoms with Crippen molar-refractivity contribution in [1.29, 1.82) is 0 Å². The third-order valence-corrected chi connectivity index (χ3v) is 3.79. The number of aliphatic hydroxyl groups is 2. The van der Waals surface area contributed by atoms with E-state index < -0.39 is 5.95 Å². The molecule has 0 saturated carbocycles. The maximum Gasteiger partial charge on any atom is 0.280 e. The molecule has 3 nitrogen and oxygen atoms in total. The molecule has 0 fully saturated rings. The minimum absolute atomic E-state index is 0.205. The summed E-state index contributed by atoms with van der Waals surface area (Å²) in [6.45, 7) is 9.08. The lowest BCUT2D eigenvalue weighted by Crippen LogP contribution is -2.25. The van der Waals surface area contributed by atoms with E-state index in [9.17, 15) is 10.2 Å². The van der Waals surface area contributed by atoms with Gasteiger partial charge < -0.3 is 10.2 Å². The topological polar surface area (TPSA) is 52.8 Å². The minimum atomic E-state index is -0.596. The van der Waals surface area contributed by atoms with Crippen LogP contribution in [0.4, 0.5) is 0 Å². The highest BCUT2D eigenvalue weighted by Gasteiger charge is 2.31. The Balaban J connectivity index is 2.45. The molecule has 1 unspecified atom stereocenters. The van der Waals surface area contributed by atoms with Gasteiger partial charge in [0.05, 0.1) is 12.1 Å². The van der Waals surface area contributed by atoms with Gasteiger partial charge in [-0.25, -0.2) is 0 Å². The number of allylic oxidation sites excluding steroid dienone is 3. The molecular weight excluding hydrogens is 226 g/mol. The Hall–Kier alpha value is -1.51. The van der Waals surface area contributed by atoms with Gasteiger partial charge in [-0.1, -0.05) is 26.8 Å². The number of hydrogen-bond acceptors (Lipinski definition) is 3. The molecule has 18 heavy (non-hydrogen) atoms. The predicted octanol–water partition coefficient (Wildman–Crippen LogP) is 3.71. The van der Waals surface area contributed by atoms with E-state index in [1.165, 1.54) is 0 Å². The van der Waals surface area contributed by atoms with Gasteiger partial charge in [-0.05, 0) is 41.4 Å². The molecule has 1 atom stereocenters. The summed E-state index contributed by atoms with van der Waals surface area (Å²) in [6.07, 6.45) is 5.05. The van der Waals surface area contributed by atoms with Crippen LogP contribution >= 0.6 is 0 Å². The molecule has 2 aliphatic rings. The van der Waals surface area contributed by atoms with Crippen molar-refractivity contribution in [3.05, 3.63) is 34.3 Å². The molecule has 1 aliphatic heterocycles. The van der Waals surface area contributed by atoms with Crippen LogP contribution in [0.3, 0.4) is 0 Å². The third kappa shape index (κ3) is 2.22. The van der Waals surface area contributed by atoms with Crippen LogP contribution in [0.2, 0.25) is 0 Å². The summed E-state index contributed by atoms with van der Waals surface area (Å²) < 4.78 is 0. The molecule has 2 N–H and O–H groups in total. The lowest BCUT2D eigenvalue weighted by atomic mass is 9.71. The second-order valence-electron chi connectivity index (χ2n) is 6.20. The molecule has 0 amide bonds. The van der Waals surface area contributed by atoms with E-state index in [-0.39, 0.29) is 5.41 Å². The minimum Gasteiger partial charge on any atom is -0.481 e. The summed E-state index contributed by atoms with van der Waals surface area (Å²) in [4.78, 5) is 4.23. The van der Waals surface area contributed by atoms with Gasteiger partial charge in [0.2, 0.25) is 0 Å². The van der Waals surface area contributed by atoms with Gasteiger partial charge >= 0.3 is 0 Å². The number of dihydropyridines is 1. The smallest absolute Gasteiger partial charge is 0.280 e. The van der Waals surface area contributed by atoms with Crippen molar-refractivity contribution in [3.8, 4) is 0 Å². The standard InChI is InChI=1S/C15H21NO2/c1-9-5-11(15(2,3)4)6-10-7-16-8-12(13(9)10)14(17)18/h5,7,11,17-18H,6,8H2,1-4H3. The van der Waals surface area contributed by atoms with Crippen LogP contribution in [-0.4, -0.2) is 23.0 Å². The Kier molecular flexibility index (Phi) is 3.09. The van der Waals surface area contributed by atoms with E-state index >= 15 is 0 Å². The molecule has 1 heterocycles. The lowest BCUT2D eigenvalue weighted by molar-refractivity contribution is 0.185. The van der Waals surface area contributed by atoms with Crippen molar-refractivity contribution in [2.45, 2.75) is 34.1 Å². The Labute approximate surface area is 108 Å². The Morgan fingerprint density at radius 3 is 2.56 bits per heavy atom. The van der Waals surface area contributed by atoms with E-state index in [1.807, 2.05) is 13.1 Å². The number of rotatable bonds is 0. The van der Waals surface area contributed by atoms with E-state index in [1.54, 1.807) is 0 Å². The first kappa shape index (κ1) is 12.9. The largest absolute Gasteiger partial charge is 0.481 e. The number of aliphatic imine (C=N–C) groups is 1. The molecule has 3 heteroatoms. The van der Waals surface area contributed by atoms with Gasteiger partial charge in [0.25, 0.3) is 5.95 Å². The zero-order valence-electron chi connectivity index (χ0n) is 11.5. The maximum absolute atomic E-state index is 9.36. The fraction of sp³-hybridized carbons (Fsp3) is 0.533. The quantitative estimate of drug-likeness (QED) is 0.641. The molecular formula is C15H21NO2. The predicted molar refractivity (Wildman–Crippen MR) is 74.0 cm³/mol. The van der Waals surface area contributed by atoms with Crippen LogP contribution in [0.15, 0.2) is 39.3 Å². The first-order valence-corrected chi connectivity index (χ1v) is 6.34. The zero-order valence-corrected chi connectivity index (χ0v) is 11.5. The Bertz CT molecular complexity index is 483. The molecule has 0 radical (unpaired) electrons. The molecule has 0 aromatic rings. The first-order chi connectivity index (χ1) is 8.30. The van der Waals surface area contributed by atoms with Crippen LogP contribution in [-0.2, 0) is 0 Å². The van der Waals surface area contributed by atoms with E-state index in [0.717, 1.165) is 23.1 Å². The fourth-order valence-corrected chi connectivity index (χ4v) is 2.65. The summed E-state index contributed by atoms with van der Waals surface area (Å²) in [5, 5.41) is 18.7. The fourth-order valence-electron chi connectivity index (χ4n) is 2.65. The molecule has 2 rings (SSSR count). The van der Waals surface area contributed by atoms with E-state index in [4.69, 9.17) is 0 Å². The SMILES string of the molecule is CC1=CC(C(C)(C)C)CC2=C1C(=C(O)O)CN=C2. The molecule has 0 bridgehead atoms. The average Bonchev–Trinajstić information content (AvgIpc) is 2.26. The highest BCUT2D eigenvalue weighted by atomic mass is 16.5.